The number of furan rings is 1. The van der Waals surface area contributed by atoms with Crippen LogP contribution >= 0.6 is 0 Å². The minimum Gasteiger partial charge on any atom is -0.456 e. The smallest absolute Gasteiger partial charge is 0.135 e. The molecule has 0 fully saturated rings. The van der Waals surface area contributed by atoms with Gasteiger partial charge >= 0.3 is 0 Å². The summed E-state index contributed by atoms with van der Waals surface area (Å²) in [5.74, 6) is 0.523. The van der Waals surface area contributed by atoms with Crippen molar-refractivity contribution in [3.05, 3.63) is 59.9 Å². The minimum absolute atomic E-state index is 0.244. The molecule has 0 saturated heterocycles. The van der Waals surface area contributed by atoms with Crippen LogP contribution in [0.2, 0.25) is 0 Å². The molecule has 21 heavy (non-hydrogen) atoms. The molecule has 0 radical (unpaired) electrons. The van der Waals surface area contributed by atoms with Crippen molar-refractivity contribution in [3.8, 4) is 11.3 Å². The first kappa shape index (κ1) is 13.8. The zero-order valence-corrected chi connectivity index (χ0v) is 12.2. The third kappa shape index (κ3) is 2.98. The van der Waals surface area contributed by atoms with Crippen molar-refractivity contribution in [1.29, 1.82) is 0 Å². The molecule has 2 nitrogen and oxygen atoms in total. The standard InChI is InChI=1S/C18H18FNO/c1-12(20-2)9-13-3-5-14(6-4-13)18-11-15-10-16(19)7-8-17(15)21-18/h3-8,10-12,20H,9H2,1-2H3. The highest BCUT2D eigenvalue weighted by molar-refractivity contribution is 5.82. The van der Waals surface area contributed by atoms with Gasteiger partial charge in [-0.3, -0.25) is 0 Å². The Morgan fingerprint density at radius 1 is 1.10 bits per heavy atom. The SMILES string of the molecule is CNC(C)Cc1ccc(-c2cc3cc(F)ccc3o2)cc1. The molecule has 108 valence electrons. The molecule has 0 amide bonds. The fraction of sp³-hybridized carbons (Fsp3) is 0.222. The topological polar surface area (TPSA) is 25.2 Å². The molecular weight excluding hydrogens is 265 g/mol. The quantitative estimate of drug-likeness (QED) is 0.768. The van der Waals surface area contributed by atoms with Crippen LogP contribution in [0.5, 0.6) is 0 Å². The van der Waals surface area contributed by atoms with Gasteiger partial charge in [0.15, 0.2) is 0 Å². The van der Waals surface area contributed by atoms with E-state index >= 15 is 0 Å². The van der Waals surface area contributed by atoms with E-state index in [-0.39, 0.29) is 5.82 Å². The third-order valence-corrected chi connectivity index (χ3v) is 3.75. The lowest BCUT2D eigenvalue weighted by Crippen LogP contribution is -2.23. The van der Waals surface area contributed by atoms with Crippen molar-refractivity contribution in [3.63, 3.8) is 0 Å². The zero-order valence-electron chi connectivity index (χ0n) is 12.2. The number of hydrogen-bond donors (Lipinski definition) is 1. The Morgan fingerprint density at radius 2 is 1.86 bits per heavy atom. The first-order valence-electron chi connectivity index (χ1n) is 7.11. The summed E-state index contributed by atoms with van der Waals surface area (Å²) in [5.41, 5.74) is 2.99. The molecule has 0 aliphatic rings. The summed E-state index contributed by atoms with van der Waals surface area (Å²) >= 11 is 0. The van der Waals surface area contributed by atoms with Gasteiger partial charge in [0.05, 0.1) is 0 Å². The van der Waals surface area contributed by atoms with Crippen LogP contribution in [0.25, 0.3) is 22.3 Å². The highest BCUT2D eigenvalue weighted by Crippen LogP contribution is 2.28. The molecule has 2 aromatic carbocycles. The van der Waals surface area contributed by atoms with E-state index in [1.165, 1.54) is 17.7 Å². The van der Waals surface area contributed by atoms with Gasteiger partial charge < -0.3 is 9.73 Å². The number of nitrogens with one attached hydrogen (secondary N) is 1. The van der Waals surface area contributed by atoms with Gasteiger partial charge in [-0.15, -0.1) is 0 Å². The molecule has 3 heteroatoms. The van der Waals surface area contributed by atoms with Crippen LogP contribution in [0.4, 0.5) is 4.39 Å². The Morgan fingerprint density at radius 3 is 2.57 bits per heavy atom. The number of likely N-dealkylation sites (N-methyl/N-ethyl adjacent to an activating group) is 1. The van der Waals surface area contributed by atoms with Crippen molar-refractivity contribution < 1.29 is 8.81 Å². The Bertz CT molecular complexity index is 746. The maximum atomic E-state index is 13.2. The van der Waals surface area contributed by atoms with Crippen molar-refractivity contribution in [2.24, 2.45) is 0 Å². The zero-order chi connectivity index (χ0) is 14.8. The van der Waals surface area contributed by atoms with Crippen LogP contribution in [0.15, 0.2) is 52.9 Å². The Labute approximate surface area is 123 Å². The van der Waals surface area contributed by atoms with E-state index in [2.05, 4.69) is 24.4 Å². The van der Waals surface area contributed by atoms with Gasteiger partial charge in [-0.05, 0) is 50.2 Å². The molecular formula is C18H18FNO. The monoisotopic (exact) mass is 283 g/mol. The van der Waals surface area contributed by atoms with Gasteiger partial charge in [-0.1, -0.05) is 24.3 Å². The summed E-state index contributed by atoms with van der Waals surface area (Å²) in [4.78, 5) is 0. The van der Waals surface area contributed by atoms with Crippen LogP contribution in [-0.2, 0) is 6.42 Å². The lowest BCUT2D eigenvalue weighted by atomic mass is 10.0. The molecule has 3 rings (SSSR count). The van der Waals surface area contributed by atoms with E-state index < -0.39 is 0 Å². The molecule has 1 atom stereocenters. The van der Waals surface area contributed by atoms with Gasteiger partial charge in [0.2, 0.25) is 0 Å². The third-order valence-electron chi connectivity index (χ3n) is 3.75. The minimum atomic E-state index is -0.244. The van der Waals surface area contributed by atoms with Crippen molar-refractivity contribution in [1.82, 2.24) is 5.32 Å². The van der Waals surface area contributed by atoms with Crippen molar-refractivity contribution in [2.45, 2.75) is 19.4 Å². The summed E-state index contributed by atoms with van der Waals surface area (Å²) in [6, 6.07) is 15.2. The molecule has 1 aromatic heterocycles. The first-order valence-corrected chi connectivity index (χ1v) is 7.11. The van der Waals surface area contributed by atoms with Gasteiger partial charge in [0, 0.05) is 17.0 Å². The number of rotatable bonds is 4. The largest absolute Gasteiger partial charge is 0.456 e. The molecule has 0 aliphatic carbocycles. The average Bonchev–Trinajstić information content (AvgIpc) is 2.90. The van der Waals surface area contributed by atoms with E-state index in [1.54, 1.807) is 6.07 Å². The van der Waals surface area contributed by atoms with E-state index in [1.807, 2.05) is 25.2 Å². The average molecular weight is 283 g/mol. The van der Waals surface area contributed by atoms with Crippen LogP contribution in [0.3, 0.4) is 0 Å². The maximum absolute atomic E-state index is 13.2. The molecule has 3 aromatic rings. The lowest BCUT2D eigenvalue weighted by Gasteiger charge is -2.09. The van der Waals surface area contributed by atoms with E-state index in [0.717, 1.165) is 23.1 Å². The van der Waals surface area contributed by atoms with E-state index in [0.29, 0.717) is 11.6 Å². The van der Waals surface area contributed by atoms with E-state index in [9.17, 15) is 4.39 Å². The summed E-state index contributed by atoms with van der Waals surface area (Å²) in [7, 11) is 1.96. The van der Waals surface area contributed by atoms with Crippen LogP contribution < -0.4 is 5.32 Å². The lowest BCUT2D eigenvalue weighted by molar-refractivity contribution is 0.608. The highest BCUT2D eigenvalue weighted by Gasteiger charge is 2.07. The molecule has 0 saturated carbocycles. The van der Waals surface area contributed by atoms with Gasteiger partial charge in [0.1, 0.15) is 17.2 Å². The summed E-state index contributed by atoms with van der Waals surface area (Å²) in [6.45, 7) is 2.15. The molecule has 0 aliphatic heterocycles. The predicted octanol–water partition coefficient (Wildman–Crippen LogP) is 4.39. The highest BCUT2D eigenvalue weighted by atomic mass is 19.1. The Hall–Kier alpha value is -2.13. The first-order chi connectivity index (χ1) is 10.2. The summed E-state index contributed by atoms with van der Waals surface area (Å²) in [6.07, 6.45) is 0.988. The van der Waals surface area contributed by atoms with Gasteiger partial charge in [0.25, 0.3) is 0 Å². The predicted molar refractivity (Wildman–Crippen MR) is 83.8 cm³/mol. The number of halogens is 1. The molecule has 1 heterocycles. The summed E-state index contributed by atoms with van der Waals surface area (Å²) in [5, 5.41) is 4.02. The second-order valence-corrected chi connectivity index (χ2v) is 5.38. The number of benzene rings is 2. The van der Waals surface area contributed by atoms with Gasteiger partial charge in [-0.25, -0.2) is 4.39 Å². The molecule has 0 bridgehead atoms. The van der Waals surface area contributed by atoms with Gasteiger partial charge in [-0.2, -0.15) is 0 Å². The fourth-order valence-corrected chi connectivity index (χ4v) is 2.42. The molecule has 1 unspecified atom stereocenters. The molecule has 1 N–H and O–H groups in total. The Balaban J connectivity index is 1.88. The fourth-order valence-electron chi connectivity index (χ4n) is 2.42. The van der Waals surface area contributed by atoms with Crippen LogP contribution in [0.1, 0.15) is 12.5 Å². The Kier molecular flexibility index (Phi) is 3.76. The summed E-state index contributed by atoms with van der Waals surface area (Å²) < 4.78 is 19.0. The number of fused-ring (bicyclic) bond motifs is 1. The van der Waals surface area contributed by atoms with Crippen LogP contribution in [0, 0.1) is 5.82 Å². The second kappa shape index (κ2) is 5.70. The number of hydrogen-bond acceptors (Lipinski definition) is 2. The normalized spacial score (nSPS) is 12.7. The van der Waals surface area contributed by atoms with E-state index in [4.69, 9.17) is 4.42 Å². The van der Waals surface area contributed by atoms with Crippen molar-refractivity contribution in [2.75, 3.05) is 7.05 Å². The maximum Gasteiger partial charge on any atom is 0.135 e. The van der Waals surface area contributed by atoms with Crippen molar-refractivity contribution >= 4 is 11.0 Å². The molecule has 0 spiro atoms. The van der Waals surface area contributed by atoms with Crippen LogP contribution in [-0.4, -0.2) is 13.1 Å². The second-order valence-electron chi connectivity index (χ2n) is 5.38.